The number of para-hydroxylation sites is 1. The van der Waals surface area contributed by atoms with E-state index in [9.17, 15) is 9.18 Å². The summed E-state index contributed by atoms with van der Waals surface area (Å²) in [5.41, 5.74) is 3.36. The Labute approximate surface area is 161 Å². The van der Waals surface area contributed by atoms with E-state index in [4.69, 9.17) is 0 Å². The third kappa shape index (κ3) is 3.16. The largest absolute Gasteiger partial charge is 0.366 e. The first-order valence-electron chi connectivity index (χ1n) is 8.76. The zero-order chi connectivity index (χ0) is 18.3. The second-order valence-electron chi connectivity index (χ2n) is 6.65. The van der Waals surface area contributed by atoms with E-state index in [2.05, 4.69) is 19.9 Å². The molecule has 0 saturated carbocycles. The number of rotatable bonds is 2. The Kier molecular flexibility index (Phi) is 4.80. The lowest BCUT2D eigenvalue weighted by Gasteiger charge is -2.36. The maximum atomic E-state index is 14.0. The smallest absolute Gasteiger partial charge is 0.260 e. The summed E-state index contributed by atoms with van der Waals surface area (Å²) in [6.45, 7) is 6.87. The predicted molar refractivity (Wildman–Crippen MR) is 108 cm³/mol. The number of nitrogens with zero attached hydrogens (tertiary/aromatic N) is 2. The minimum absolute atomic E-state index is 0.109. The number of hydrogen-bond donors (Lipinski definition) is 0. The van der Waals surface area contributed by atoms with Gasteiger partial charge in [-0.05, 0) is 43.2 Å². The molecule has 26 heavy (non-hydrogen) atoms. The number of carbonyl (C=O) groups excluding carboxylic acids is 1. The molecule has 1 aromatic heterocycles. The van der Waals surface area contributed by atoms with Crippen molar-refractivity contribution < 1.29 is 9.18 Å². The maximum absolute atomic E-state index is 14.0. The number of halogens is 1. The van der Waals surface area contributed by atoms with Crippen LogP contribution in [0.4, 0.5) is 10.1 Å². The number of hydrogen-bond acceptors (Lipinski definition) is 4. The number of anilines is 1. The summed E-state index contributed by atoms with van der Waals surface area (Å²) in [6, 6.07) is 6.84. The zero-order valence-corrected chi connectivity index (χ0v) is 16.6. The summed E-state index contributed by atoms with van der Waals surface area (Å²) < 4.78 is 14.0. The molecule has 3 heterocycles. The lowest BCUT2D eigenvalue weighted by molar-refractivity contribution is -0.126. The highest BCUT2D eigenvalue weighted by atomic mass is 32.2. The third-order valence-corrected chi connectivity index (χ3v) is 7.38. The van der Waals surface area contributed by atoms with E-state index < -0.39 is 0 Å². The molecule has 0 unspecified atom stereocenters. The number of thioether (sulfide) groups is 1. The van der Waals surface area contributed by atoms with Crippen LogP contribution in [0.3, 0.4) is 0 Å². The molecule has 0 radical (unpaired) electrons. The standard InChI is InChI=1S/C20H21FN2OS2/c1-13-14(2)26-18-11-19(25-12-15(13)18)20(24)23-9-7-22(8-10-23)17-6-4-3-5-16(17)21/h3-6,11H,7-10,12H2,1-2H3. The summed E-state index contributed by atoms with van der Waals surface area (Å²) in [7, 11) is 0. The Morgan fingerprint density at radius 2 is 1.85 bits per heavy atom. The van der Waals surface area contributed by atoms with Crippen LogP contribution in [0.2, 0.25) is 0 Å². The second-order valence-corrected chi connectivity index (χ2v) is 8.93. The summed E-state index contributed by atoms with van der Waals surface area (Å²) in [6.07, 6.45) is 2.06. The normalized spacial score (nSPS) is 17.1. The summed E-state index contributed by atoms with van der Waals surface area (Å²) in [4.78, 5) is 20.2. The summed E-state index contributed by atoms with van der Waals surface area (Å²) in [5.74, 6) is 0.782. The molecule has 4 rings (SSSR count). The van der Waals surface area contributed by atoms with Crippen molar-refractivity contribution in [2.45, 2.75) is 19.6 Å². The van der Waals surface area contributed by atoms with Crippen molar-refractivity contribution in [3.63, 3.8) is 0 Å². The highest BCUT2D eigenvalue weighted by Gasteiger charge is 2.27. The average Bonchev–Trinajstić information content (AvgIpc) is 2.95. The molecule has 1 aromatic carbocycles. The van der Waals surface area contributed by atoms with E-state index >= 15 is 0 Å². The van der Waals surface area contributed by atoms with Crippen molar-refractivity contribution in [1.82, 2.24) is 4.90 Å². The van der Waals surface area contributed by atoms with Crippen molar-refractivity contribution in [2.75, 3.05) is 31.1 Å². The Morgan fingerprint density at radius 1 is 1.12 bits per heavy atom. The molecular weight excluding hydrogens is 367 g/mol. The van der Waals surface area contributed by atoms with E-state index in [1.807, 2.05) is 15.9 Å². The van der Waals surface area contributed by atoms with Gasteiger partial charge in [-0.25, -0.2) is 4.39 Å². The molecule has 0 aliphatic carbocycles. The van der Waals surface area contributed by atoms with Gasteiger partial charge in [0.05, 0.1) is 10.6 Å². The molecule has 1 saturated heterocycles. The molecule has 2 aromatic rings. The molecule has 0 bridgehead atoms. The van der Waals surface area contributed by atoms with Crippen LogP contribution < -0.4 is 4.90 Å². The van der Waals surface area contributed by atoms with Crippen LogP contribution in [0, 0.1) is 19.7 Å². The van der Waals surface area contributed by atoms with Crippen LogP contribution in [0.1, 0.15) is 20.9 Å². The molecule has 2 aliphatic heterocycles. The first kappa shape index (κ1) is 17.6. The number of amides is 1. The molecule has 1 amide bonds. The number of benzene rings is 1. The number of thiophene rings is 1. The van der Waals surface area contributed by atoms with Crippen LogP contribution in [-0.4, -0.2) is 37.0 Å². The average molecular weight is 389 g/mol. The fourth-order valence-electron chi connectivity index (χ4n) is 3.44. The SMILES string of the molecule is Cc1sc2c(c1C)CSC(C(=O)N1CCN(c3ccccc3F)CC1)=C2. The van der Waals surface area contributed by atoms with Gasteiger partial charge in [0.25, 0.3) is 5.91 Å². The third-order valence-electron chi connectivity index (χ3n) is 5.15. The summed E-state index contributed by atoms with van der Waals surface area (Å²) in [5, 5.41) is 0. The maximum Gasteiger partial charge on any atom is 0.260 e. The van der Waals surface area contributed by atoms with Crippen LogP contribution in [0.5, 0.6) is 0 Å². The minimum Gasteiger partial charge on any atom is -0.366 e. The number of fused-ring (bicyclic) bond motifs is 1. The van der Waals surface area contributed by atoms with Crippen LogP contribution >= 0.6 is 23.1 Å². The Balaban J connectivity index is 1.45. The molecular formula is C20H21FN2OS2. The van der Waals surface area contributed by atoms with Gasteiger partial charge in [-0.2, -0.15) is 0 Å². The second kappa shape index (κ2) is 7.08. The van der Waals surface area contributed by atoms with Gasteiger partial charge in [-0.15, -0.1) is 23.1 Å². The quantitative estimate of drug-likeness (QED) is 0.760. The minimum atomic E-state index is -0.200. The van der Waals surface area contributed by atoms with E-state index in [0.717, 1.165) is 10.7 Å². The van der Waals surface area contributed by atoms with Gasteiger partial charge in [0.1, 0.15) is 5.82 Å². The Hall–Kier alpha value is -1.79. The highest BCUT2D eigenvalue weighted by molar-refractivity contribution is 8.03. The molecule has 0 spiro atoms. The lowest BCUT2D eigenvalue weighted by atomic mass is 10.1. The van der Waals surface area contributed by atoms with Crippen molar-refractivity contribution in [1.29, 1.82) is 0 Å². The number of aryl methyl sites for hydroxylation is 1. The van der Waals surface area contributed by atoms with Gasteiger partial charge < -0.3 is 9.80 Å². The Morgan fingerprint density at radius 3 is 2.58 bits per heavy atom. The zero-order valence-electron chi connectivity index (χ0n) is 14.9. The number of carbonyl (C=O) groups is 1. The molecule has 136 valence electrons. The first-order valence-corrected chi connectivity index (χ1v) is 10.6. The van der Waals surface area contributed by atoms with E-state index in [0.29, 0.717) is 31.9 Å². The monoisotopic (exact) mass is 388 g/mol. The van der Waals surface area contributed by atoms with Gasteiger partial charge in [0.15, 0.2) is 0 Å². The highest BCUT2D eigenvalue weighted by Crippen LogP contribution is 2.40. The lowest BCUT2D eigenvalue weighted by Crippen LogP contribution is -2.49. The predicted octanol–water partition coefficient (Wildman–Crippen LogP) is 4.44. The fraction of sp³-hybridized carbons (Fsp3) is 0.350. The van der Waals surface area contributed by atoms with E-state index in [-0.39, 0.29) is 11.7 Å². The topological polar surface area (TPSA) is 23.6 Å². The van der Waals surface area contributed by atoms with Crippen molar-refractivity contribution >= 4 is 40.8 Å². The molecule has 6 heteroatoms. The van der Waals surface area contributed by atoms with Gasteiger partial charge in [-0.1, -0.05) is 12.1 Å². The van der Waals surface area contributed by atoms with Crippen LogP contribution in [0.15, 0.2) is 29.2 Å². The molecule has 1 fully saturated rings. The van der Waals surface area contributed by atoms with Gasteiger partial charge in [0.2, 0.25) is 0 Å². The number of piperazine rings is 1. The van der Waals surface area contributed by atoms with Crippen molar-refractivity contribution in [2.24, 2.45) is 0 Å². The molecule has 0 N–H and O–H groups in total. The van der Waals surface area contributed by atoms with Gasteiger partial charge >= 0.3 is 0 Å². The molecule has 3 nitrogen and oxygen atoms in total. The molecule has 0 atom stereocenters. The van der Waals surface area contributed by atoms with Crippen molar-refractivity contribution in [3.8, 4) is 0 Å². The first-order chi connectivity index (χ1) is 12.5. The molecule has 2 aliphatic rings. The van der Waals surface area contributed by atoms with Gasteiger partial charge in [0, 0.05) is 41.7 Å². The Bertz CT molecular complexity index is 882. The van der Waals surface area contributed by atoms with Crippen molar-refractivity contribution in [3.05, 3.63) is 55.9 Å². The summed E-state index contributed by atoms with van der Waals surface area (Å²) >= 11 is 3.41. The fourth-order valence-corrected chi connectivity index (χ4v) is 5.87. The van der Waals surface area contributed by atoms with Crippen LogP contribution in [0.25, 0.3) is 6.08 Å². The van der Waals surface area contributed by atoms with E-state index in [1.54, 1.807) is 35.2 Å². The van der Waals surface area contributed by atoms with Crippen LogP contribution in [-0.2, 0) is 10.5 Å². The van der Waals surface area contributed by atoms with E-state index in [1.165, 1.54) is 26.9 Å². The van der Waals surface area contributed by atoms with Gasteiger partial charge in [-0.3, -0.25) is 4.79 Å².